The van der Waals surface area contributed by atoms with Gasteiger partial charge in [0.25, 0.3) is 0 Å². The van der Waals surface area contributed by atoms with Gasteiger partial charge in [0, 0.05) is 11.7 Å². The Labute approximate surface area is 115 Å². The normalized spacial score (nSPS) is 10.4. The van der Waals surface area contributed by atoms with Crippen molar-refractivity contribution < 1.29 is 23.8 Å². The van der Waals surface area contributed by atoms with Crippen LogP contribution in [0.15, 0.2) is 24.3 Å². The topological polar surface area (TPSA) is 76.0 Å². The average Bonchev–Trinajstić information content (AvgIpc) is 2.41. The van der Waals surface area contributed by atoms with Crippen LogP contribution in [0.25, 0.3) is 0 Å². The van der Waals surface area contributed by atoms with Gasteiger partial charge < -0.3 is 9.47 Å². The Morgan fingerprint density at radius 2 is 1.74 bits per heavy atom. The number of hydrogen-bond donors (Lipinski definition) is 2. The summed E-state index contributed by atoms with van der Waals surface area (Å²) >= 11 is 0. The van der Waals surface area contributed by atoms with Crippen LogP contribution in [-0.4, -0.2) is 24.0 Å². The van der Waals surface area contributed by atoms with E-state index in [4.69, 9.17) is 23.8 Å². The van der Waals surface area contributed by atoms with Gasteiger partial charge in [-0.3, -0.25) is 0 Å². The van der Waals surface area contributed by atoms with Crippen molar-refractivity contribution in [2.75, 3.05) is 14.2 Å². The summed E-state index contributed by atoms with van der Waals surface area (Å²) in [5.41, 5.74) is 1.02. The van der Waals surface area contributed by atoms with E-state index in [9.17, 15) is 0 Å². The first kappa shape index (κ1) is 18.0. The van der Waals surface area contributed by atoms with E-state index in [1.165, 1.54) is 5.56 Å². The molecule has 1 aromatic rings. The molecule has 2 N–H and O–H groups in total. The standard InChI is InChI=1S/C13H20O2.HO3P/c1-5-13(6-2,15-4)11-8-7-9-12(10-11)14-3;1-4(2)3/h7-10H,5-6H2,1-4H3;(H-,1,2,3)/p+1. The van der Waals surface area contributed by atoms with Gasteiger partial charge in [-0.05, 0) is 30.5 Å². The van der Waals surface area contributed by atoms with Crippen LogP contribution in [0.5, 0.6) is 5.75 Å². The fourth-order valence-corrected chi connectivity index (χ4v) is 1.97. The molecule has 0 unspecified atom stereocenters. The van der Waals surface area contributed by atoms with Gasteiger partial charge in [-0.1, -0.05) is 26.0 Å². The maximum atomic E-state index is 8.70. The zero-order valence-corrected chi connectivity index (χ0v) is 12.7. The van der Waals surface area contributed by atoms with E-state index in [0.29, 0.717) is 0 Å². The number of rotatable bonds is 5. The van der Waals surface area contributed by atoms with E-state index in [0.717, 1.165) is 18.6 Å². The molecule has 0 atom stereocenters. The minimum atomic E-state index is -2.87. The molecule has 0 spiro atoms. The second-order valence-corrected chi connectivity index (χ2v) is 4.40. The van der Waals surface area contributed by atoms with Crippen LogP contribution in [-0.2, 0) is 14.9 Å². The van der Waals surface area contributed by atoms with Gasteiger partial charge >= 0.3 is 8.25 Å². The Morgan fingerprint density at radius 3 is 2.11 bits per heavy atom. The zero-order chi connectivity index (χ0) is 14.9. The van der Waals surface area contributed by atoms with E-state index in [-0.39, 0.29) is 5.60 Å². The second kappa shape index (κ2) is 8.99. The summed E-state index contributed by atoms with van der Waals surface area (Å²) in [4.78, 5) is 14.2. The lowest BCUT2D eigenvalue weighted by Gasteiger charge is -2.31. The molecule has 1 rings (SSSR count). The van der Waals surface area contributed by atoms with Crippen LogP contribution in [0.4, 0.5) is 0 Å². The predicted octanol–water partition coefficient (Wildman–Crippen LogP) is 2.99. The first-order chi connectivity index (χ1) is 8.95. The van der Waals surface area contributed by atoms with Crippen LogP contribution in [0.1, 0.15) is 32.3 Å². The van der Waals surface area contributed by atoms with Gasteiger partial charge in [0.2, 0.25) is 0 Å². The number of methoxy groups -OCH3 is 2. The van der Waals surface area contributed by atoms with Gasteiger partial charge in [0.15, 0.2) is 0 Å². The van der Waals surface area contributed by atoms with Crippen LogP contribution in [0.3, 0.4) is 0 Å². The van der Waals surface area contributed by atoms with Gasteiger partial charge in [0.1, 0.15) is 5.75 Å². The number of ether oxygens (including phenoxy) is 2. The van der Waals surface area contributed by atoms with Gasteiger partial charge in [0.05, 0.1) is 12.7 Å². The molecule has 1 aromatic carbocycles. The van der Waals surface area contributed by atoms with Crippen molar-refractivity contribution in [2.24, 2.45) is 0 Å². The molecule has 0 heterocycles. The Kier molecular flexibility index (Phi) is 8.52. The molecule has 0 saturated heterocycles. The van der Waals surface area contributed by atoms with Crippen molar-refractivity contribution in [3.63, 3.8) is 0 Å². The van der Waals surface area contributed by atoms with Crippen LogP contribution < -0.4 is 4.74 Å². The molecule has 0 aliphatic carbocycles. The summed E-state index contributed by atoms with van der Waals surface area (Å²) in [7, 11) is 0.586. The fraction of sp³-hybridized carbons (Fsp3) is 0.538. The molecule has 0 aliphatic heterocycles. The third-order valence-electron chi connectivity index (χ3n) is 3.13. The molecule has 6 heteroatoms. The first-order valence-electron chi connectivity index (χ1n) is 6.00. The Hall–Kier alpha value is -1.00. The smallest absolute Gasteiger partial charge is 0.497 e. The summed E-state index contributed by atoms with van der Waals surface area (Å²) in [5.74, 6) is 0.885. The predicted molar refractivity (Wildman–Crippen MR) is 74.3 cm³/mol. The van der Waals surface area contributed by atoms with Crippen molar-refractivity contribution in [3.05, 3.63) is 29.8 Å². The minimum absolute atomic E-state index is 0.172. The molecule has 0 aliphatic rings. The van der Waals surface area contributed by atoms with Crippen LogP contribution >= 0.6 is 8.25 Å². The lowest BCUT2D eigenvalue weighted by atomic mass is 9.88. The summed E-state index contributed by atoms with van der Waals surface area (Å²) in [6.45, 7) is 4.29. The van der Waals surface area contributed by atoms with E-state index >= 15 is 0 Å². The van der Waals surface area contributed by atoms with Crippen LogP contribution in [0.2, 0.25) is 0 Å². The van der Waals surface area contributed by atoms with Crippen LogP contribution in [0, 0.1) is 0 Å². The third kappa shape index (κ3) is 5.66. The van der Waals surface area contributed by atoms with E-state index in [2.05, 4.69) is 26.0 Å². The zero-order valence-electron chi connectivity index (χ0n) is 11.8. The highest BCUT2D eigenvalue weighted by molar-refractivity contribution is 7.30. The lowest BCUT2D eigenvalue weighted by molar-refractivity contribution is -0.0218. The molecular formula is C13H22O5P+. The molecule has 108 valence electrons. The van der Waals surface area contributed by atoms with Gasteiger partial charge in [-0.2, -0.15) is 0 Å². The Bertz CT molecular complexity index is 378. The van der Waals surface area contributed by atoms with E-state index in [1.807, 2.05) is 12.1 Å². The average molecular weight is 289 g/mol. The second-order valence-electron chi connectivity index (χ2n) is 3.89. The van der Waals surface area contributed by atoms with E-state index < -0.39 is 8.25 Å². The third-order valence-corrected chi connectivity index (χ3v) is 3.13. The number of benzene rings is 1. The Balaban J connectivity index is 0.000000711. The molecule has 0 aromatic heterocycles. The first-order valence-corrected chi connectivity index (χ1v) is 7.17. The molecule has 0 saturated carbocycles. The van der Waals surface area contributed by atoms with Gasteiger partial charge in [-0.15, -0.1) is 9.79 Å². The van der Waals surface area contributed by atoms with Crippen molar-refractivity contribution in [1.29, 1.82) is 0 Å². The quantitative estimate of drug-likeness (QED) is 0.815. The molecule has 5 nitrogen and oxygen atoms in total. The van der Waals surface area contributed by atoms with Crippen molar-refractivity contribution >= 4 is 8.25 Å². The van der Waals surface area contributed by atoms with Crippen molar-refractivity contribution in [1.82, 2.24) is 0 Å². The summed E-state index contributed by atoms with van der Waals surface area (Å²) in [6.07, 6.45) is 1.93. The molecule has 0 bridgehead atoms. The summed E-state index contributed by atoms with van der Waals surface area (Å²) in [5, 5.41) is 0. The minimum Gasteiger partial charge on any atom is -0.497 e. The highest BCUT2D eigenvalue weighted by Crippen LogP contribution is 2.33. The molecular weight excluding hydrogens is 267 g/mol. The van der Waals surface area contributed by atoms with Crippen molar-refractivity contribution in [2.45, 2.75) is 32.3 Å². The Morgan fingerprint density at radius 1 is 1.21 bits per heavy atom. The summed E-state index contributed by atoms with van der Waals surface area (Å²) < 4.78 is 19.6. The highest BCUT2D eigenvalue weighted by Gasteiger charge is 2.27. The van der Waals surface area contributed by atoms with Gasteiger partial charge in [-0.25, -0.2) is 0 Å². The van der Waals surface area contributed by atoms with E-state index in [1.54, 1.807) is 14.2 Å². The number of hydrogen-bond acceptors (Lipinski definition) is 3. The molecule has 19 heavy (non-hydrogen) atoms. The fourth-order valence-electron chi connectivity index (χ4n) is 1.97. The van der Waals surface area contributed by atoms with Crippen molar-refractivity contribution in [3.8, 4) is 5.75 Å². The molecule has 0 radical (unpaired) electrons. The highest BCUT2D eigenvalue weighted by atomic mass is 31.1. The largest absolute Gasteiger partial charge is 0.692 e. The molecule has 0 amide bonds. The molecule has 0 fully saturated rings. The summed E-state index contributed by atoms with van der Waals surface area (Å²) in [6, 6.07) is 8.11. The lowest BCUT2D eigenvalue weighted by Crippen LogP contribution is -2.26. The maximum absolute atomic E-state index is 8.70. The monoisotopic (exact) mass is 289 g/mol. The maximum Gasteiger partial charge on any atom is 0.692 e. The SMILES string of the molecule is CCC(CC)(OC)c1cccc(OC)c1.O=[P+](O)O.